The van der Waals surface area contributed by atoms with Crippen molar-refractivity contribution in [2.24, 2.45) is 4.99 Å². The van der Waals surface area contributed by atoms with Gasteiger partial charge in [0.2, 0.25) is 6.17 Å². The molecule has 7 rings (SSSR count). The highest BCUT2D eigenvalue weighted by molar-refractivity contribution is 6.19. The standard InChI is InChI=1S/C29H27N7O3/c37-27-26(32-24(19-6-2-1-3-7-19)20-8-4-5-9-22(20)31-27)33-29-35-34-28(39-29)25-23(36-14-16-38-17-15-36)13-12-21(30-25)18-10-11-18/h1-9,12-13,18,26H,10-11,14-17H2,(H,31,37)(H,33,35)/t26-/m1/s1. The summed E-state index contributed by atoms with van der Waals surface area (Å²) in [6, 6.07) is 21.7. The molecular weight excluding hydrogens is 494 g/mol. The third kappa shape index (κ3) is 4.74. The van der Waals surface area contributed by atoms with E-state index >= 15 is 0 Å². The van der Waals surface area contributed by atoms with Gasteiger partial charge < -0.3 is 24.7 Å². The molecule has 1 saturated heterocycles. The number of morpholine rings is 1. The minimum absolute atomic E-state index is 0.0961. The van der Waals surface area contributed by atoms with Gasteiger partial charge in [-0.05, 0) is 31.0 Å². The van der Waals surface area contributed by atoms with Crippen LogP contribution < -0.4 is 15.5 Å². The first kappa shape index (κ1) is 23.5. The number of nitrogens with one attached hydrogen (secondary N) is 2. The number of carbonyl (C=O) groups excluding carboxylic acids is 1. The predicted octanol–water partition coefficient (Wildman–Crippen LogP) is 4.07. The van der Waals surface area contributed by atoms with Crippen LogP contribution >= 0.6 is 0 Å². The number of benzodiazepines with no additional fused rings is 1. The van der Waals surface area contributed by atoms with Crippen LogP contribution in [0, 0.1) is 0 Å². The molecule has 39 heavy (non-hydrogen) atoms. The lowest BCUT2D eigenvalue weighted by Crippen LogP contribution is -2.36. The van der Waals surface area contributed by atoms with E-state index < -0.39 is 6.17 Å². The minimum atomic E-state index is -0.981. The first-order valence-corrected chi connectivity index (χ1v) is 13.2. The Balaban J connectivity index is 1.22. The van der Waals surface area contributed by atoms with Crippen molar-refractivity contribution in [3.8, 4) is 11.6 Å². The number of carbonyl (C=O) groups is 1. The number of para-hydroxylation sites is 1. The van der Waals surface area contributed by atoms with Gasteiger partial charge in [0.1, 0.15) is 0 Å². The lowest BCUT2D eigenvalue weighted by Gasteiger charge is -2.29. The fourth-order valence-corrected chi connectivity index (χ4v) is 4.97. The quantitative estimate of drug-likeness (QED) is 0.390. The van der Waals surface area contributed by atoms with Crippen molar-refractivity contribution in [1.82, 2.24) is 15.2 Å². The third-order valence-corrected chi connectivity index (χ3v) is 7.12. The fraction of sp³-hybridized carbons (Fsp3) is 0.276. The topological polar surface area (TPSA) is 118 Å². The summed E-state index contributed by atoms with van der Waals surface area (Å²) in [5, 5.41) is 14.5. The average molecular weight is 522 g/mol. The second-order valence-electron chi connectivity index (χ2n) is 9.82. The van der Waals surface area contributed by atoms with Gasteiger partial charge in [0.25, 0.3) is 11.8 Å². The van der Waals surface area contributed by atoms with E-state index in [2.05, 4.69) is 37.9 Å². The van der Waals surface area contributed by atoms with Crippen LogP contribution in [0.1, 0.15) is 35.6 Å². The van der Waals surface area contributed by atoms with Crippen LogP contribution in [0.2, 0.25) is 0 Å². The predicted molar refractivity (Wildman–Crippen MR) is 147 cm³/mol. The first-order chi connectivity index (χ1) is 19.2. The number of aliphatic imine (C=N–C) groups is 1. The van der Waals surface area contributed by atoms with Crippen molar-refractivity contribution in [3.63, 3.8) is 0 Å². The zero-order valence-corrected chi connectivity index (χ0v) is 21.2. The number of fused-ring (bicyclic) bond motifs is 1. The van der Waals surface area contributed by atoms with Gasteiger partial charge in [-0.2, -0.15) is 0 Å². The van der Waals surface area contributed by atoms with Gasteiger partial charge in [0, 0.05) is 35.8 Å². The maximum atomic E-state index is 13.2. The summed E-state index contributed by atoms with van der Waals surface area (Å²) in [4.78, 5) is 25.2. The minimum Gasteiger partial charge on any atom is -0.402 e. The number of pyridine rings is 1. The normalized spacial score (nSPS) is 19.1. The van der Waals surface area contributed by atoms with Gasteiger partial charge in [0.05, 0.1) is 30.3 Å². The first-order valence-electron chi connectivity index (χ1n) is 13.2. The molecule has 2 aromatic heterocycles. The Morgan fingerprint density at radius 2 is 1.72 bits per heavy atom. The van der Waals surface area contributed by atoms with E-state index in [1.807, 2.05) is 54.6 Å². The Hall–Kier alpha value is -4.57. The van der Waals surface area contributed by atoms with Crippen molar-refractivity contribution in [2.45, 2.75) is 24.9 Å². The molecule has 10 nitrogen and oxygen atoms in total. The fourth-order valence-electron chi connectivity index (χ4n) is 4.97. The maximum absolute atomic E-state index is 13.2. The maximum Gasteiger partial charge on any atom is 0.317 e. The molecule has 1 amide bonds. The number of amides is 1. The molecule has 4 aromatic rings. The molecule has 2 aromatic carbocycles. The summed E-state index contributed by atoms with van der Waals surface area (Å²) in [6.07, 6.45) is 1.30. The number of aromatic nitrogens is 3. The van der Waals surface area contributed by atoms with Gasteiger partial charge in [-0.25, -0.2) is 9.98 Å². The Morgan fingerprint density at radius 3 is 2.54 bits per heavy atom. The molecule has 1 saturated carbocycles. The highest BCUT2D eigenvalue weighted by Gasteiger charge is 2.30. The molecular formula is C29H27N7O3. The summed E-state index contributed by atoms with van der Waals surface area (Å²) < 4.78 is 11.6. The summed E-state index contributed by atoms with van der Waals surface area (Å²) in [6.45, 7) is 2.83. The zero-order chi connectivity index (χ0) is 26.2. The van der Waals surface area contributed by atoms with E-state index in [9.17, 15) is 4.79 Å². The molecule has 0 spiro atoms. The van der Waals surface area contributed by atoms with E-state index in [-0.39, 0.29) is 11.9 Å². The van der Waals surface area contributed by atoms with Gasteiger partial charge in [-0.3, -0.25) is 4.79 Å². The van der Waals surface area contributed by atoms with Gasteiger partial charge in [-0.15, -0.1) is 5.10 Å². The Bertz CT molecular complexity index is 1540. The molecule has 0 bridgehead atoms. The van der Waals surface area contributed by atoms with Crippen LogP contribution in [0.5, 0.6) is 0 Å². The second-order valence-corrected chi connectivity index (χ2v) is 9.82. The molecule has 196 valence electrons. The number of ether oxygens (including phenoxy) is 1. The van der Waals surface area contributed by atoms with Gasteiger partial charge in [-0.1, -0.05) is 53.6 Å². The molecule has 3 aliphatic rings. The number of hydrogen-bond acceptors (Lipinski definition) is 9. The van der Waals surface area contributed by atoms with Crippen molar-refractivity contribution < 1.29 is 13.9 Å². The molecule has 2 N–H and O–H groups in total. The monoisotopic (exact) mass is 521 g/mol. The van der Waals surface area contributed by atoms with Crippen molar-refractivity contribution >= 4 is 29.0 Å². The van der Waals surface area contributed by atoms with E-state index in [4.69, 9.17) is 19.1 Å². The molecule has 0 radical (unpaired) electrons. The summed E-state index contributed by atoms with van der Waals surface area (Å²) in [5.41, 5.74) is 5.73. The van der Waals surface area contributed by atoms with Gasteiger partial charge >= 0.3 is 6.01 Å². The van der Waals surface area contributed by atoms with Crippen molar-refractivity contribution in [2.75, 3.05) is 41.8 Å². The second kappa shape index (κ2) is 9.95. The number of hydrogen-bond donors (Lipinski definition) is 2. The largest absolute Gasteiger partial charge is 0.402 e. The van der Waals surface area contributed by atoms with Gasteiger partial charge in [0.15, 0.2) is 5.69 Å². The van der Waals surface area contributed by atoms with E-state index in [0.717, 1.165) is 48.4 Å². The molecule has 10 heteroatoms. The Labute approximate surface area is 225 Å². The summed E-state index contributed by atoms with van der Waals surface area (Å²) in [5.74, 6) is 0.451. The molecule has 2 aliphatic heterocycles. The zero-order valence-electron chi connectivity index (χ0n) is 21.2. The lowest BCUT2D eigenvalue weighted by atomic mass is 10.0. The smallest absolute Gasteiger partial charge is 0.317 e. The molecule has 1 atom stereocenters. The summed E-state index contributed by atoms with van der Waals surface area (Å²) in [7, 11) is 0. The van der Waals surface area contributed by atoms with E-state index in [0.29, 0.717) is 42.1 Å². The van der Waals surface area contributed by atoms with Crippen LogP contribution in [0.3, 0.4) is 0 Å². The van der Waals surface area contributed by atoms with Crippen molar-refractivity contribution in [1.29, 1.82) is 0 Å². The number of nitrogens with zero attached hydrogens (tertiary/aromatic N) is 5. The highest BCUT2D eigenvalue weighted by atomic mass is 16.5. The third-order valence-electron chi connectivity index (χ3n) is 7.12. The Kier molecular flexibility index (Phi) is 6.01. The molecule has 2 fully saturated rings. The molecule has 4 heterocycles. The van der Waals surface area contributed by atoms with Crippen LogP contribution in [0.25, 0.3) is 11.6 Å². The number of benzene rings is 2. The molecule has 0 unspecified atom stereocenters. The van der Waals surface area contributed by atoms with E-state index in [1.165, 1.54) is 0 Å². The number of rotatable bonds is 6. The van der Waals surface area contributed by atoms with E-state index in [1.54, 1.807) is 0 Å². The van der Waals surface area contributed by atoms with Crippen LogP contribution in [0.15, 0.2) is 76.1 Å². The number of anilines is 3. The van der Waals surface area contributed by atoms with Crippen LogP contribution in [-0.4, -0.2) is 59.3 Å². The highest BCUT2D eigenvalue weighted by Crippen LogP contribution is 2.41. The van der Waals surface area contributed by atoms with Crippen LogP contribution in [0.4, 0.5) is 17.4 Å². The van der Waals surface area contributed by atoms with Crippen molar-refractivity contribution in [3.05, 3.63) is 83.6 Å². The lowest BCUT2D eigenvalue weighted by molar-refractivity contribution is -0.116. The molecule has 1 aliphatic carbocycles. The summed E-state index contributed by atoms with van der Waals surface area (Å²) >= 11 is 0. The SMILES string of the molecule is O=C1Nc2ccccc2C(c2ccccc2)=N[C@@H]1Nc1nnc(-c2nc(C3CC3)ccc2N2CCOCC2)o1. The average Bonchev–Trinajstić information content (AvgIpc) is 3.76. The van der Waals surface area contributed by atoms with Crippen LogP contribution in [-0.2, 0) is 9.53 Å². The Morgan fingerprint density at radius 1 is 0.923 bits per heavy atom.